The van der Waals surface area contributed by atoms with Crippen LogP contribution < -0.4 is 4.74 Å². The maximum absolute atomic E-state index is 12.0. The van der Waals surface area contributed by atoms with Gasteiger partial charge in [-0.1, -0.05) is 15.9 Å². The molecule has 0 radical (unpaired) electrons. The summed E-state index contributed by atoms with van der Waals surface area (Å²) in [6, 6.07) is 4.40. The number of halogens is 5. The van der Waals surface area contributed by atoms with Crippen LogP contribution in [0.15, 0.2) is 18.2 Å². The SMILES string of the molecule is FC(F)(F)Oc1ccc(I)c(CCCBr)c1. The van der Waals surface area contributed by atoms with E-state index in [-0.39, 0.29) is 5.75 Å². The normalized spacial score (nSPS) is 11.6. The van der Waals surface area contributed by atoms with Gasteiger partial charge in [0.15, 0.2) is 0 Å². The Bertz CT molecular complexity index is 354. The quantitative estimate of drug-likeness (QED) is 0.525. The van der Waals surface area contributed by atoms with Gasteiger partial charge in [0.2, 0.25) is 0 Å². The molecule has 0 spiro atoms. The fraction of sp³-hybridized carbons (Fsp3) is 0.400. The highest BCUT2D eigenvalue weighted by molar-refractivity contribution is 14.1. The van der Waals surface area contributed by atoms with Crippen molar-refractivity contribution in [2.45, 2.75) is 19.2 Å². The van der Waals surface area contributed by atoms with Gasteiger partial charge in [-0.25, -0.2) is 0 Å². The Morgan fingerprint density at radius 3 is 2.56 bits per heavy atom. The zero-order chi connectivity index (χ0) is 12.2. The van der Waals surface area contributed by atoms with Gasteiger partial charge in [0.1, 0.15) is 5.75 Å². The summed E-state index contributed by atoms with van der Waals surface area (Å²) in [5.41, 5.74) is 0.877. The molecular weight excluding hydrogens is 400 g/mol. The average Bonchev–Trinajstić information content (AvgIpc) is 2.17. The molecule has 0 saturated heterocycles. The standard InChI is InChI=1S/C10H9BrF3IO/c11-5-1-2-7-6-8(3-4-9(7)15)16-10(12,13)14/h3-4,6H,1-2,5H2. The summed E-state index contributed by atoms with van der Waals surface area (Å²) in [6.07, 6.45) is -3.01. The molecule has 0 aliphatic heterocycles. The number of hydrogen-bond donors (Lipinski definition) is 0. The van der Waals surface area contributed by atoms with E-state index < -0.39 is 6.36 Å². The van der Waals surface area contributed by atoms with Gasteiger partial charge in [0.05, 0.1) is 0 Å². The van der Waals surface area contributed by atoms with Crippen LogP contribution in [0.3, 0.4) is 0 Å². The van der Waals surface area contributed by atoms with Gasteiger partial charge in [0.25, 0.3) is 0 Å². The molecule has 0 unspecified atom stereocenters. The first-order valence-electron chi connectivity index (χ1n) is 4.52. The van der Waals surface area contributed by atoms with Gasteiger partial charge < -0.3 is 4.74 Å². The van der Waals surface area contributed by atoms with Crippen molar-refractivity contribution in [1.29, 1.82) is 0 Å². The van der Waals surface area contributed by atoms with Crippen LogP contribution in [0.5, 0.6) is 5.75 Å². The van der Waals surface area contributed by atoms with E-state index in [2.05, 4.69) is 43.3 Å². The van der Waals surface area contributed by atoms with Gasteiger partial charge in [-0.15, -0.1) is 13.2 Å². The molecule has 90 valence electrons. The molecule has 6 heteroatoms. The van der Waals surface area contributed by atoms with Gasteiger partial charge in [-0.3, -0.25) is 0 Å². The average molecular weight is 409 g/mol. The highest BCUT2D eigenvalue weighted by atomic mass is 127. The number of aryl methyl sites for hydroxylation is 1. The number of rotatable bonds is 4. The molecule has 0 bridgehead atoms. The molecule has 0 aromatic heterocycles. The number of benzene rings is 1. The fourth-order valence-electron chi connectivity index (χ4n) is 1.20. The third-order valence-electron chi connectivity index (χ3n) is 1.83. The lowest BCUT2D eigenvalue weighted by Gasteiger charge is -2.11. The Morgan fingerprint density at radius 1 is 1.31 bits per heavy atom. The number of alkyl halides is 4. The van der Waals surface area contributed by atoms with Crippen LogP contribution in [0, 0.1) is 3.57 Å². The van der Waals surface area contributed by atoms with E-state index in [9.17, 15) is 13.2 Å². The van der Waals surface area contributed by atoms with E-state index in [1.54, 1.807) is 6.07 Å². The minimum Gasteiger partial charge on any atom is -0.406 e. The predicted molar refractivity (Wildman–Crippen MR) is 68.0 cm³/mol. The summed E-state index contributed by atoms with van der Waals surface area (Å²) in [5.74, 6) is -0.155. The Balaban J connectivity index is 2.81. The van der Waals surface area contributed by atoms with E-state index in [0.717, 1.165) is 27.3 Å². The first kappa shape index (κ1) is 14.1. The van der Waals surface area contributed by atoms with Gasteiger partial charge >= 0.3 is 6.36 Å². The van der Waals surface area contributed by atoms with E-state index in [4.69, 9.17) is 0 Å². The lowest BCUT2D eigenvalue weighted by Crippen LogP contribution is -2.17. The topological polar surface area (TPSA) is 9.23 Å². The second-order valence-corrected chi connectivity index (χ2v) is 5.05. The minimum absolute atomic E-state index is 0.155. The Kier molecular flexibility index (Phi) is 5.36. The van der Waals surface area contributed by atoms with Crippen molar-refractivity contribution < 1.29 is 17.9 Å². The molecule has 0 atom stereocenters. The number of hydrogen-bond acceptors (Lipinski definition) is 1. The highest BCUT2D eigenvalue weighted by Gasteiger charge is 2.31. The monoisotopic (exact) mass is 408 g/mol. The van der Waals surface area contributed by atoms with Gasteiger partial charge in [-0.2, -0.15) is 0 Å². The lowest BCUT2D eigenvalue weighted by atomic mass is 10.1. The summed E-state index contributed by atoms with van der Waals surface area (Å²) >= 11 is 5.39. The molecule has 0 heterocycles. The lowest BCUT2D eigenvalue weighted by molar-refractivity contribution is -0.274. The maximum atomic E-state index is 12.0. The maximum Gasteiger partial charge on any atom is 0.573 e. The first-order valence-corrected chi connectivity index (χ1v) is 6.72. The van der Waals surface area contributed by atoms with Crippen LogP contribution in [-0.4, -0.2) is 11.7 Å². The first-order chi connectivity index (χ1) is 7.42. The van der Waals surface area contributed by atoms with Crippen LogP contribution in [0.4, 0.5) is 13.2 Å². The smallest absolute Gasteiger partial charge is 0.406 e. The molecule has 0 aliphatic rings. The molecular formula is C10H9BrF3IO. The molecule has 1 rings (SSSR count). The predicted octanol–water partition coefficient (Wildman–Crippen LogP) is 4.52. The summed E-state index contributed by atoms with van der Waals surface area (Å²) in [7, 11) is 0. The van der Waals surface area contributed by atoms with Crippen molar-refractivity contribution in [1.82, 2.24) is 0 Å². The van der Waals surface area contributed by atoms with Crippen molar-refractivity contribution in [2.75, 3.05) is 5.33 Å². The zero-order valence-corrected chi connectivity index (χ0v) is 11.9. The van der Waals surface area contributed by atoms with Gasteiger partial charge in [0, 0.05) is 8.90 Å². The molecule has 16 heavy (non-hydrogen) atoms. The van der Waals surface area contributed by atoms with E-state index in [1.165, 1.54) is 12.1 Å². The van der Waals surface area contributed by atoms with E-state index in [0.29, 0.717) is 0 Å². The van der Waals surface area contributed by atoms with Crippen LogP contribution in [0.1, 0.15) is 12.0 Å². The largest absolute Gasteiger partial charge is 0.573 e. The van der Waals surface area contributed by atoms with Crippen molar-refractivity contribution in [3.63, 3.8) is 0 Å². The highest BCUT2D eigenvalue weighted by Crippen LogP contribution is 2.26. The Hall–Kier alpha value is 0.0200. The summed E-state index contributed by atoms with van der Waals surface area (Å²) in [5, 5.41) is 0.827. The molecule has 0 amide bonds. The summed E-state index contributed by atoms with van der Waals surface area (Å²) < 4.78 is 40.8. The molecule has 1 aromatic carbocycles. The van der Waals surface area contributed by atoms with Crippen LogP contribution in [0.2, 0.25) is 0 Å². The van der Waals surface area contributed by atoms with Crippen molar-refractivity contribution >= 4 is 38.5 Å². The fourth-order valence-corrected chi connectivity index (χ4v) is 2.08. The summed E-state index contributed by atoms with van der Waals surface area (Å²) in [6.45, 7) is 0. The van der Waals surface area contributed by atoms with Crippen molar-refractivity contribution in [2.24, 2.45) is 0 Å². The molecule has 1 nitrogen and oxygen atoms in total. The van der Waals surface area contributed by atoms with Gasteiger partial charge in [-0.05, 0) is 59.2 Å². The molecule has 1 aromatic rings. The second kappa shape index (κ2) is 6.09. The van der Waals surface area contributed by atoms with E-state index >= 15 is 0 Å². The Labute approximate surface area is 114 Å². The van der Waals surface area contributed by atoms with Crippen LogP contribution in [0.25, 0.3) is 0 Å². The van der Waals surface area contributed by atoms with Crippen molar-refractivity contribution in [3.05, 3.63) is 27.3 Å². The van der Waals surface area contributed by atoms with Crippen molar-refractivity contribution in [3.8, 4) is 5.75 Å². The molecule has 0 fully saturated rings. The Morgan fingerprint density at radius 2 is 2.00 bits per heavy atom. The molecule has 0 aliphatic carbocycles. The molecule has 0 N–H and O–H groups in total. The summed E-state index contributed by atoms with van der Waals surface area (Å²) in [4.78, 5) is 0. The van der Waals surface area contributed by atoms with E-state index in [1.807, 2.05) is 0 Å². The van der Waals surface area contributed by atoms with Crippen LogP contribution >= 0.6 is 38.5 Å². The third-order valence-corrected chi connectivity index (χ3v) is 3.44. The number of ether oxygens (including phenoxy) is 1. The third kappa shape index (κ3) is 4.90. The zero-order valence-electron chi connectivity index (χ0n) is 8.15. The van der Waals surface area contributed by atoms with Crippen LogP contribution in [-0.2, 0) is 6.42 Å². The second-order valence-electron chi connectivity index (χ2n) is 3.09. The minimum atomic E-state index is -4.63. The molecule has 0 saturated carbocycles.